The molecule has 3 nitrogen and oxygen atoms in total. The van der Waals surface area contributed by atoms with Gasteiger partial charge in [0.2, 0.25) is 0 Å². The van der Waals surface area contributed by atoms with Crippen LogP contribution >= 0.6 is 0 Å². The van der Waals surface area contributed by atoms with Crippen LogP contribution in [0.5, 0.6) is 0 Å². The van der Waals surface area contributed by atoms with Crippen molar-refractivity contribution in [1.82, 2.24) is 9.13 Å². The van der Waals surface area contributed by atoms with Crippen molar-refractivity contribution in [2.24, 2.45) is 0 Å². The summed E-state index contributed by atoms with van der Waals surface area (Å²) in [6.07, 6.45) is 0. The number of furan rings is 1. The second kappa shape index (κ2) is 17.7. The van der Waals surface area contributed by atoms with E-state index in [0.29, 0.717) is 5.19 Å². The molecule has 0 saturated carbocycles. The molecule has 0 amide bonds. The number of fused-ring (bicyclic) bond motifs is 9. The van der Waals surface area contributed by atoms with Crippen molar-refractivity contribution < 1.29 is 11.3 Å². The number of hydrogen-bond acceptors (Lipinski definition) is 1. The first kappa shape index (κ1) is 38.8. The summed E-state index contributed by atoms with van der Waals surface area (Å²) in [5.74, 6) is 0. The Morgan fingerprint density at radius 2 is 0.829 bits per heavy atom. The standard InChI is InChI=1S/C72H48N2OSi/c1-6-24-49(25-7-1)63-47-55(76(52-28-10-3-11-29-52,53-30-12-4-13-31-53)54-32-14-5-15-33-54)48-64(50-26-8-2-9-27-50)71(63)74-67-42-20-17-35-57(67)65-46-51(44-45-68(65)74)73-66-41-19-16-34-56(66)59-37-22-38-60(70(59)73)62-40-23-39-61-58-36-18-21-43-69(58)75-72(61)62/h1-48H/i3D,10D,11D,28D,29D. The van der Waals surface area contributed by atoms with Crippen LogP contribution in [0.25, 0.3) is 110 Å². The molecule has 0 spiro atoms. The molecule has 0 aliphatic carbocycles. The maximum Gasteiger partial charge on any atom is 0.179 e. The monoisotopic (exact) mass is 989 g/mol. The highest BCUT2D eigenvalue weighted by atomic mass is 28.3. The molecule has 0 aliphatic heterocycles. The van der Waals surface area contributed by atoms with Gasteiger partial charge in [-0.25, -0.2) is 0 Å². The normalized spacial score (nSPS) is 12.9. The van der Waals surface area contributed by atoms with Gasteiger partial charge in [0.25, 0.3) is 0 Å². The first-order valence-corrected chi connectivity index (χ1v) is 27.8. The first-order chi connectivity index (χ1) is 39.8. The molecule has 4 heteroatoms. The lowest BCUT2D eigenvalue weighted by Crippen LogP contribution is -2.74. The van der Waals surface area contributed by atoms with Gasteiger partial charge in [0.1, 0.15) is 11.2 Å². The van der Waals surface area contributed by atoms with Crippen molar-refractivity contribution in [3.63, 3.8) is 0 Å². The van der Waals surface area contributed by atoms with Crippen molar-refractivity contribution in [2.45, 2.75) is 0 Å². The molecule has 12 aromatic carbocycles. The maximum absolute atomic E-state index is 9.83. The topological polar surface area (TPSA) is 23.0 Å². The van der Waals surface area contributed by atoms with Crippen LogP contribution < -0.4 is 20.7 Å². The Balaban J connectivity index is 1.05. The molecule has 0 radical (unpaired) electrons. The fourth-order valence-electron chi connectivity index (χ4n) is 12.3. The van der Waals surface area contributed by atoms with Gasteiger partial charge in [0, 0.05) is 60.3 Å². The number of aromatic nitrogens is 2. The molecule has 15 aromatic rings. The van der Waals surface area contributed by atoms with Crippen LogP contribution in [0.3, 0.4) is 0 Å². The van der Waals surface area contributed by atoms with Gasteiger partial charge in [-0.05, 0) is 68.3 Å². The average molecular weight is 990 g/mol. The summed E-state index contributed by atoms with van der Waals surface area (Å²) in [5.41, 5.74) is 13.8. The highest BCUT2D eigenvalue weighted by molar-refractivity contribution is 7.20. The Morgan fingerprint density at radius 3 is 1.47 bits per heavy atom. The van der Waals surface area contributed by atoms with Gasteiger partial charge in [-0.2, -0.15) is 0 Å². The molecular formula is C72H48N2OSi. The molecule has 3 aromatic heterocycles. The molecule has 356 valence electrons. The molecule has 15 rings (SSSR count). The second-order valence-electron chi connectivity index (χ2n) is 19.5. The molecule has 0 N–H and O–H groups in total. The molecule has 0 bridgehead atoms. The molecule has 76 heavy (non-hydrogen) atoms. The van der Waals surface area contributed by atoms with Gasteiger partial charge in [-0.15, -0.1) is 0 Å². The van der Waals surface area contributed by atoms with E-state index in [1.54, 1.807) is 0 Å². The van der Waals surface area contributed by atoms with E-state index >= 15 is 0 Å². The Bertz CT molecular complexity index is 4870. The summed E-state index contributed by atoms with van der Waals surface area (Å²) in [6, 6.07) is 89.6. The molecule has 0 atom stereocenters. The quantitative estimate of drug-likeness (QED) is 0.104. The van der Waals surface area contributed by atoms with Gasteiger partial charge >= 0.3 is 0 Å². The third-order valence-electron chi connectivity index (χ3n) is 15.5. The fourth-order valence-corrected chi connectivity index (χ4v) is 16.8. The zero-order valence-electron chi connectivity index (χ0n) is 46.1. The minimum atomic E-state index is -3.87. The SMILES string of the molecule is [2H]c1c([2H])c([2H])c([Si](c2ccccc2)(c2ccccc2)c2cc(-c3ccccc3)c(-n3c4ccccc4c4cc(-n5c6ccccc6c6cccc(-c7cccc8c7oc7ccccc78)c65)ccc43)c(-c3ccccc3)c2)c([2H])c1[2H]. The fraction of sp³-hybridized carbons (Fsp3) is 0. The third kappa shape index (κ3) is 6.68. The lowest BCUT2D eigenvalue weighted by Gasteiger charge is -2.36. The predicted molar refractivity (Wildman–Crippen MR) is 322 cm³/mol. The number of para-hydroxylation sites is 5. The molecule has 0 unspecified atom stereocenters. The van der Waals surface area contributed by atoms with Gasteiger partial charge in [-0.1, -0.05) is 255 Å². The third-order valence-corrected chi connectivity index (χ3v) is 20.1. The van der Waals surface area contributed by atoms with Crippen LogP contribution in [0.2, 0.25) is 0 Å². The maximum atomic E-state index is 9.83. The van der Waals surface area contributed by atoms with Crippen molar-refractivity contribution >= 4 is 94.4 Å². The van der Waals surface area contributed by atoms with Crippen molar-refractivity contribution in [2.75, 3.05) is 0 Å². The van der Waals surface area contributed by atoms with Crippen LogP contribution in [0.15, 0.2) is 295 Å². The Morgan fingerprint density at radius 1 is 0.329 bits per heavy atom. The molecule has 3 heterocycles. The van der Waals surface area contributed by atoms with Crippen molar-refractivity contribution in [3.05, 3.63) is 291 Å². The summed E-state index contributed by atoms with van der Waals surface area (Å²) in [7, 11) is -3.87. The van der Waals surface area contributed by atoms with Crippen molar-refractivity contribution in [3.8, 4) is 44.8 Å². The molecule has 0 fully saturated rings. The zero-order valence-corrected chi connectivity index (χ0v) is 42.1. The minimum Gasteiger partial charge on any atom is -0.455 e. The number of nitrogens with zero attached hydrogens (tertiary/aromatic N) is 2. The summed E-state index contributed by atoms with van der Waals surface area (Å²) < 4.78 is 58.4. The Labute approximate surface area is 448 Å². The predicted octanol–water partition coefficient (Wildman–Crippen LogP) is 16.2. The van der Waals surface area contributed by atoms with Crippen LogP contribution in [0.1, 0.15) is 6.85 Å². The lowest BCUT2D eigenvalue weighted by molar-refractivity contribution is 0.670. The van der Waals surface area contributed by atoms with E-state index in [2.05, 4.69) is 209 Å². The lowest BCUT2D eigenvalue weighted by atomic mass is 9.95. The number of rotatable bonds is 9. The summed E-state index contributed by atoms with van der Waals surface area (Å²) >= 11 is 0. The second-order valence-corrected chi connectivity index (χ2v) is 23.3. The Kier molecular flexibility index (Phi) is 9.06. The summed E-state index contributed by atoms with van der Waals surface area (Å²) in [4.78, 5) is 0. The van der Waals surface area contributed by atoms with E-state index in [4.69, 9.17) is 5.79 Å². The van der Waals surface area contributed by atoms with Crippen molar-refractivity contribution in [1.29, 1.82) is 0 Å². The smallest absolute Gasteiger partial charge is 0.179 e. The van der Waals surface area contributed by atoms with Crippen LogP contribution in [-0.4, -0.2) is 17.2 Å². The van der Waals surface area contributed by atoms with E-state index in [1.165, 1.54) is 0 Å². The van der Waals surface area contributed by atoms with E-state index in [9.17, 15) is 5.48 Å². The van der Waals surface area contributed by atoms with E-state index < -0.39 is 14.1 Å². The zero-order chi connectivity index (χ0) is 54.5. The van der Waals surface area contributed by atoms with Crippen LogP contribution in [0.4, 0.5) is 0 Å². The van der Waals surface area contributed by atoms with Gasteiger partial charge in [-0.3, -0.25) is 0 Å². The largest absolute Gasteiger partial charge is 0.455 e. The summed E-state index contributed by atoms with van der Waals surface area (Å²) in [5, 5.41) is 9.61. The van der Waals surface area contributed by atoms with E-state index in [-0.39, 0.29) is 24.2 Å². The van der Waals surface area contributed by atoms with Crippen LogP contribution in [0, 0.1) is 0 Å². The van der Waals surface area contributed by atoms with Crippen LogP contribution in [-0.2, 0) is 0 Å². The van der Waals surface area contributed by atoms with E-state index in [0.717, 1.165) is 126 Å². The number of benzene rings is 12. The Hall–Kier alpha value is -9.74. The van der Waals surface area contributed by atoms with Gasteiger partial charge in [0.15, 0.2) is 8.07 Å². The number of hydrogen-bond donors (Lipinski definition) is 0. The summed E-state index contributed by atoms with van der Waals surface area (Å²) in [6.45, 7) is 0. The highest BCUT2D eigenvalue weighted by Crippen LogP contribution is 2.45. The molecule has 0 saturated heterocycles. The van der Waals surface area contributed by atoms with Gasteiger partial charge in [0.05, 0.1) is 34.6 Å². The minimum absolute atomic E-state index is 0.202. The first-order valence-electron chi connectivity index (χ1n) is 28.3. The molecular weight excluding hydrogens is 937 g/mol. The van der Waals surface area contributed by atoms with E-state index in [1.807, 2.05) is 60.7 Å². The molecule has 0 aliphatic rings. The highest BCUT2D eigenvalue weighted by Gasteiger charge is 2.42. The average Bonchev–Trinajstić information content (AvgIpc) is 4.33. The van der Waals surface area contributed by atoms with Gasteiger partial charge < -0.3 is 13.6 Å².